The van der Waals surface area contributed by atoms with Crippen molar-refractivity contribution < 1.29 is 67.7 Å². The number of rotatable bonds is 49. The SMILES string of the molecule is CC(C)C[C@H](NC(=O)[C@H](CC(C)C)NC(=O)[C@H](CCCCN)NC(=O)[C@H](CCCCN=C(N)N)NC(=O)[C@H](Cc1ccc(O)cc1)NC(=O)[C@H](CCC(N)=O)NC(=O)[C@H](CCC(N)=O)NC(=O)[C@@H](C)CCCN=C(N)N)C(=O)N[C@@H](CCCCN)C(=O)N[C@@H](CO)C(N)=O. The molecule has 1 aromatic rings. The Kier molecular flexibility index (Phi) is 40.1. The number of unbranched alkanes of at least 4 members (excludes halogenated alkanes) is 3. The number of aliphatic hydroxyl groups excluding tert-OH is 1. The van der Waals surface area contributed by atoms with Crippen molar-refractivity contribution in [2.75, 3.05) is 32.8 Å². The first-order valence-corrected chi connectivity index (χ1v) is 31.8. The van der Waals surface area contributed by atoms with Crippen LogP contribution in [0.3, 0.4) is 0 Å². The van der Waals surface area contributed by atoms with E-state index in [0.717, 1.165) is 0 Å². The van der Waals surface area contributed by atoms with E-state index in [4.69, 9.17) is 51.6 Å². The molecule has 0 heterocycles. The van der Waals surface area contributed by atoms with E-state index in [0.29, 0.717) is 31.2 Å². The van der Waals surface area contributed by atoms with Gasteiger partial charge in [-0.15, -0.1) is 0 Å². The molecule has 29 N–H and O–H groups in total. The molecule has 0 aromatic heterocycles. The standard InChI is InChI=1S/C60H106N20O14/c1-33(2)29-43(56(92)74-39(15-7-10-26-62)53(89)80-46(32-81)49(65)85)78-57(93)44(30-34(3)4)77-52(88)38(14-6-9-25-61)73-51(87)40(16-8-11-27-70-59(66)67)75-58(94)45(31-36-17-19-37(82)20-18-36)79-55(91)42(22-24-48(64)84)76-54(90)41(21-23-47(63)83)72-50(86)35(5)13-12-28-71-60(68)69/h17-20,33-35,38-46,81-82H,6-16,21-32,61-62H2,1-5H3,(H2,63,83)(H2,64,84)(H2,65,85)(H,72,86)(H,73,87)(H,74,92)(H,75,94)(H,76,90)(H,77,88)(H,78,93)(H,79,91)(H,80,89)(H4,66,67,70)(H4,68,69,71)/t35-,38-,39-,40-,41-,42-,43-,44-,45-,46-/m0/s1. The van der Waals surface area contributed by atoms with Gasteiger partial charge < -0.3 is 110 Å². The summed E-state index contributed by atoms with van der Waals surface area (Å²) in [6.45, 7) is 8.74. The molecule has 530 valence electrons. The Bertz CT molecular complexity index is 2670. The number of phenolic OH excluding ortho intramolecular Hbond substituents is 1. The fourth-order valence-electron chi connectivity index (χ4n) is 9.49. The van der Waals surface area contributed by atoms with Crippen molar-refractivity contribution in [1.82, 2.24) is 47.9 Å². The number of aromatic hydroxyl groups is 1. The van der Waals surface area contributed by atoms with Crippen molar-refractivity contribution in [3.63, 3.8) is 0 Å². The maximum atomic E-state index is 14.8. The summed E-state index contributed by atoms with van der Waals surface area (Å²) in [6.07, 6.45) is 0.834. The minimum absolute atomic E-state index is 0.0282. The number of guanidine groups is 2. The van der Waals surface area contributed by atoms with Gasteiger partial charge in [0.2, 0.25) is 70.9 Å². The van der Waals surface area contributed by atoms with Gasteiger partial charge in [0.25, 0.3) is 0 Å². The van der Waals surface area contributed by atoms with Gasteiger partial charge in [-0.2, -0.15) is 0 Å². The van der Waals surface area contributed by atoms with Gasteiger partial charge in [0.15, 0.2) is 11.9 Å². The molecule has 0 aliphatic heterocycles. The van der Waals surface area contributed by atoms with Gasteiger partial charge in [-0.1, -0.05) is 46.8 Å². The summed E-state index contributed by atoms with van der Waals surface area (Å²) in [6, 6.07) is -7.24. The monoisotopic (exact) mass is 1330 g/mol. The van der Waals surface area contributed by atoms with Crippen LogP contribution < -0.4 is 99.5 Å². The molecule has 0 aliphatic rings. The van der Waals surface area contributed by atoms with E-state index in [1.54, 1.807) is 34.6 Å². The van der Waals surface area contributed by atoms with Crippen molar-refractivity contribution in [3.05, 3.63) is 29.8 Å². The molecule has 0 aliphatic carbocycles. The third-order valence-electron chi connectivity index (χ3n) is 14.7. The molecule has 34 nitrogen and oxygen atoms in total. The summed E-state index contributed by atoms with van der Waals surface area (Å²) in [7, 11) is 0. The van der Waals surface area contributed by atoms with Crippen molar-refractivity contribution in [2.45, 2.75) is 205 Å². The minimum atomic E-state index is -1.62. The predicted molar refractivity (Wildman–Crippen MR) is 351 cm³/mol. The van der Waals surface area contributed by atoms with Crippen molar-refractivity contribution in [1.29, 1.82) is 0 Å². The number of nitrogens with two attached hydrogens (primary N) is 9. The Morgan fingerprint density at radius 3 is 1.06 bits per heavy atom. The summed E-state index contributed by atoms with van der Waals surface area (Å²) in [5.41, 5.74) is 50.1. The highest BCUT2D eigenvalue weighted by Crippen LogP contribution is 2.16. The number of benzene rings is 1. The number of aliphatic imine (C=N–C) groups is 2. The highest BCUT2D eigenvalue weighted by atomic mass is 16.3. The number of phenols is 1. The minimum Gasteiger partial charge on any atom is -0.508 e. The number of aliphatic hydroxyl groups is 1. The molecule has 0 saturated carbocycles. The predicted octanol–water partition coefficient (Wildman–Crippen LogP) is -5.21. The second-order valence-corrected chi connectivity index (χ2v) is 24.0. The zero-order valence-electron chi connectivity index (χ0n) is 54.9. The highest BCUT2D eigenvalue weighted by Gasteiger charge is 2.36. The number of primary amides is 3. The molecule has 0 radical (unpaired) electrons. The van der Waals surface area contributed by atoms with Gasteiger partial charge in [-0.25, -0.2) is 0 Å². The van der Waals surface area contributed by atoms with Crippen LogP contribution in [0.1, 0.15) is 149 Å². The topological polar surface area (TPSA) is 612 Å². The second-order valence-electron chi connectivity index (χ2n) is 24.0. The van der Waals surface area contributed by atoms with E-state index in [2.05, 4.69) is 57.8 Å². The lowest BCUT2D eigenvalue weighted by atomic mass is 9.98. The fourth-order valence-corrected chi connectivity index (χ4v) is 9.49. The molecule has 0 unspecified atom stereocenters. The van der Waals surface area contributed by atoms with Crippen molar-refractivity contribution in [2.24, 2.45) is 79.3 Å². The molecular weight excluding hydrogens is 1220 g/mol. The average molecular weight is 1330 g/mol. The van der Waals surface area contributed by atoms with Crippen molar-refractivity contribution in [3.8, 4) is 5.75 Å². The number of hydrogen-bond donors (Lipinski definition) is 20. The van der Waals surface area contributed by atoms with Gasteiger partial charge >= 0.3 is 0 Å². The van der Waals surface area contributed by atoms with Gasteiger partial charge in [0, 0.05) is 38.3 Å². The maximum absolute atomic E-state index is 14.8. The number of nitrogens with one attached hydrogen (secondary N) is 9. The molecule has 0 bridgehead atoms. The smallest absolute Gasteiger partial charge is 0.243 e. The molecule has 94 heavy (non-hydrogen) atoms. The first-order valence-electron chi connectivity index (χ1n) is 31.8. The lowest BCUT2D eigenvalue weighted by Gasteiger charge is -2.29. The van der Waals surface area contributed by atoms with Crippen molar-refractivity contribution >= 4 is 82.8 Å². The van der Waals surface area contributed by atoms with Crippen LogP contribution in [0.2, 0.25) is 0 Å². The number of carbonyl (C=O) groups is 12. The van der Waals surface area contributed by atoms with Gasteiger partial charge in [0.05, 0.1) is 6.61 Å². The lowest BCUT2D eigenvalue weighted by Crippen LogP contribution is -2.61. The first-order chi connectivity index (χ1) is 44.3. The molecule has 10 atom stereocenters. The number of hydrogen-bond acceptors (Lipinski definition) is 18. The van der Waals surface area contributed by atoms with E-state index in [-0.39, 0.29) is 133 Å². The molecule has 1 aromatic carbocycles. The molecule has 0 spiro atoms. The Morgan fingerprint density at radius 1 is 0.394 bits per heavy atom. The Morgan fingerprint density at radius 2 is 0.713 bits per heavy atom. The molecular formula is C60H106N20O14. The molecule has 0 saturated heterocycles. The Labute approximate surface area is 548 Å². The Hall–Kier alpha value is -8.92. The van der Waals surface area contributed by atoms with E-state index in [1.165, 1.54) is 24.3 Å². The zero-order valence-corrected chi connectivity index (χ0v) is 54.9. The largest absolute Gasteiger partial charge is 0.508 e. The highest BCUT2D eigenvalue weighted by molar-refractivity contribution is 5.99. The molecule has 0 fully saturated rings. The van der Waals surface area contributed by atoms with Gasteiger partial charge in [-0.05, 0) is 139 Å². The molecule has 12 amide bonds. The van der Waals surface area contributed by atoms with E-state index in [1.807, 2.05) is 0 Å². The lowest BCUT2D eigenvalue weighted by molar-refractivity contribution is -0.136. The first kappa shape index (κ1) is 83.1. The van der Waals surface area contributed by atoms with Crippen LogP contribution in [0.15, 0.2) is 34.3 Å². The van der Waals surface area contributed by atoms with E-state index < -0.39 is 151 Å². The number of amides is 12. The number of nitrogens with zero attached hydrogens (tertiary/aromatic N) is 2. The van der Waals surface area contributed by atoms with Crippen LogP contribution in [0.5, 0.6) is 5.75 Å². The summed E-state index contributed by atoms with van der Waals surface area (Å²) < 4.78 is 0. The van der Waals surface area contributed by atoms with Crippen LogP contribution in [0, 0.1) is 17.8 Å². The average Bonchev–Trinajstić information content (AvgIpc) is 0.955. The van der Waals surface area contributed by atoms with Gasteiger partial charge in [-0.3, -0.25) is 67.5 Å². The summed E-state index contributed by atoms with van der Waals surface area (Å²) in [5.74, 6) is -12.0. The fraction of sp³-hybridized carbons (Fsp3) is 0.667. The van der Waals surface area contributed by atoms with Crippen LogP contribution in [-0.2, 0) is 64.0 Å². The molecule has 34 heteroatoms. The molecule has 1 rings (SSSR count). The van der Waals surface area contributed by atoms with E-state index >= 15 is 0 Å². The van der Waals surface area contributed by atoms with Crippen LogP contribution >= 0.6 is 0 Å². The summed E-state index contributed by atoms with van der Waals surface area (Å²) in [4.78, 5) is 172. The van der Waals surface area contributed by atoms with Crippen LogP contribution in [0.25, 0.3) is 0 Å². The normalized spacial score (nSPS) is 14.3. The maximum Gasteiger partial charge on any atom is 0.243 e. The van der Waals surface area contributed by atoms with E-state index in [9.17, 15) is 67.7 Å². The van der Waals surface area contributed by atoms with Crippen LogP contribution in [-0.4, -0.2) is 180 Å². The zero-order chi connectivity index (χ0) is 71.0. The number of carbonyl (C=O) groups excluding carboxylic acids is 12. The second kappa shape index (κ2) is 45.4. The summed E-state index contributed by atoms with van der Waals surface area (Å²) in [5, 5.41) is 43.3. The third-order valence-corrected chi connectivity index (χ3v) is 14.7. The third kappa shape index (κ3) is 35.2. The quantitative estimate of drug-likeness (QED) is 0.0165. The van der Waals surface area contributed by atoms with Gasteiger partial charge in [0.1, 0.15) is 60.1 Å². The Balaban J connectivity index is 3.84. The van der Waals surface area contributed by atoms with Crippen LogP contribution in [0.4, 0.5) is 0 Å². The summed E-state index contributed by atoms with van der Waals surface area (Å²) >= 11 is 0.